The summed E-state index contributed by atoms with van der Waals surface area (Å²) in [5.41, 5.74) is 2.33. The van der Waals surface area contributed by atoms with E-state index in [1.54, 1.807) is 31.2 Å². The third-order valence-electron chi connectivity index (χ3n) is 4.07. The van der Waals surface area contributed by atoms with E-state index in [4.69, 9.17) is 9.26 Å². The van der Waals surface area contributed by atoms with E-state index < -0.39 is 0 Å². The number of rotatable bonds is 4. The lowest BCUT2D eigenvalue weighted by Gasteiger charge is -2.06. The second-order valence-electron chi connectivity index (χ2n) is 5.75. The molecule has 1 aromatic carbocycles. The molecular formula is C18H20N2O4. The molecule has 24 heavy (non-hydrogen) atoms. The summed E-state index contributed by atoms with van der Waals surface area (Å²) < 4.78 is 10.3. The van der Waals surface area contributed by atoms with Gasteiger partial charge in [0.25, 0.3) is 5.91 Å². The number of anilines is 1. The second-order valence-corrected chi connectivity index (χ2v) is 5.75. The summed E-state index contributed by atoms with van der Waals surface area (Å²) in [5, 5.41) is 6.74. The van der Waals surface area contributed by atoms with Crippen molar-refractivity contribution in [3.8, 4) is 0 Å². The number of hydrogen-bond donors (Lipinski definition) is 1. The molecule has 126 valence electrons. The fourth-order valence-electron chi connectivity index (χ4n) is 2.83. The van der Waals surface area contributed by atoms with Gasteiger partial charge in [-0.2, -0.15) is 0 Å². The summed E-state index contributed by atoms with van der Waals surface area (Å²) in [6, 6.07) is 6.58. The van der Waals surface area contributed by atoms with Gasteiger partial charge in [0.1, 0.15) is 5.76 Å². The Morgan fingerprint density at radius 1 is 1.17 bits per heavy atom. The molecule has 1 heterocycles. The fourth-order valence-corrected chi connectivity index (χ4v) is 2.83. The van der Waals surface area contributed by atoms with Crippen molar-refractivity contribution in [3.05, 3.63) is 46.8 Å². The quantitative estimate of drug-likeness (QED) is 0.687. The molecule has 0 unspecified atom stereocenters. The molecule has 0 bridgehead atoms. The summed E-state index contributed by atoms with van der Waals surface area (Å²) in [6.07, 6.45) is 4.91. The Kier molecular flexibility index (Phi) is 4.93. The predicted octanol–water partition coefficient (Wildman–Crippen LogP) is 3.37. The third-order valence-corrected chi connectivity index (χ3v) is 4.07. The highest BCUT2D eigenvalue weighted by Crippen LogP contribution is 2.24. The molecule has 0 fully saturated rings. The van der Waals surface area contributed by atoms with Gasteiger partial charge in [0, 0.05) is 17.7 Å². The Hall–Kier alpha value is -2.63. The Morgan fingerprint density at radius 3 is 2.67 bits per heavy atom. The maximum absolute atomic E-state index is 12.5. The molecule has 0 aliphatic heterocycles. The predicted molar refractivity (Wildman–Crippen MR) is 88.1 cm³/mol. The average molecular weight is 328 g/mol. The number of hydrogen-bond acceptors (Lipinski definition) is 5. The number of aromatic nitrogens is 1. The normalized spacial score (nSPS) is 13.7. The first kappa shape index (κ1) is 16.2. The van der Waals surface area contributed by atoms with Crippen LogP contribution in [0.4, 0.5) is 5.69 Å². The monoisotopic (exact) mass is 328 g/mol. The number of fused-ring (bicyclic) bond motifs is 1. The van der Waals surface area contributed by atoms with Gasteiger partial charge < -0.3 is 14.6 Å². The van der Waals surface area contributed by atoms with Gasteiger partial charge in [-0.3, -0.25) is 4.79 Å². The zero-order valence-electron chi connectivity index (χ0n) is 13.6. The SMILES string of the molecule is CCOC(=O)c1ccc(NC(=O)c2noc3c2CCCCC3)cc1. The zero-order valence-corrected chi connectivity index (χ0v) is 13.6. The number of ether oxygens (including phenoxy) is 1. The van der Waals surface area contributed by atoms with Crippen LogP contribution in [0.1, 0.15) is 58.4 Å². The van der Waals surface area contributed by atoms with Gasteiger partial charge in [-0.15, -0.1) is 0 Å². The fraction of sp³-hybridized carbons (Fsp3) is 0.389. The van der Waals surface area contributed by atoms with E-state index >= 15 is 0 Å². The first-order chi connectivity index (χ1) is 11.7. The molecule has 0 atom stereocenters. The summed E-state index contributed by atoms with van der Waals surface area (Å²) in [4.78, 5) is 24.1. The summed E-state index contributed by atoms with van der Waals surface area (Å²) in [7, 11) is 0. The number of aryl methyl sites for hydroxylation is 1. The molecule has 6 heteroatoms. The van der Waals surface area contributed by atoms with Crippen LogP contribution in [0.3, 0.4) is 0 Å². The van der Waals surface area contributed by atoms with Crippen LogP contribution in [0.2, 0.25) is 0 Å². The lowest BCUT2D eigenvalue weighted by Crippen LogP contribution is -2.14. The second kappa shape index (κ2) is 7.29. The lowest BCUT2D eigenvalue weighted by molar-refractivity contribution is 0.0526. The van der Waals surface area contributed by atoms with Crippen LogP contribution in [-0.4, -0.2) is 23.6 Å². The van der Waals surface area contributed by atoms with E-state index in [9.17, 15) is 9.59 Å². The highest BCUT2D eigenvalue weighted by molar-refractivity contribution is 6.04. The van der Waals surface area contributed by atoms with Crippen LogP contribution in [0, 0.1) is 0 Å². The van der Waals surface area contributed by atoms with Crippen molar-refractivity contribution < 1.29 is 18.8 Å². The average Bonchev–Trinajstić information content (AvgIpc) is 2.85. The van der Waals surface area contributed by atoms with Crippen molar-refractivity contribution in [2.24, 2.45) is 0 Å². The van der Waals surface area contributed by atoms with E-state index in [1.807, 2.05) is 0 Å². The van der Waals surface area contributed by atoms with Crippen molar-refractivity contribution in [2.75, 3.05) is 11.9 Å². The van der Waals surface area contributed by atoms with Crippen LogP contribution in [0.25, 0.3) is 0 Å². The molecular weight excluding hydrogens is 308 g/mol. The van der Waals surface area contributed by atoms with Crippen molar-refractivity contribution >= 4 is 17.6 Å². The van der Waals surface area contributed by atoms with Crippen LogP contribution < -0.4 is 5.32 Å². The molecule has 0 spiro atoms. The molecule has 1 amide bonds. The van der Waals surface area contributed by atoms with Crippen LogP contribution in [0.15, 0.2) is 28.8 Å². The Morgan fingerprint density at radius 2 is 1.92 bits per heavy atom. The van der Waals surface area contributed by atoms with Crippen LogP contribution in [-0.2, 0) is 17.6 Å². The van der Waals surface area contributed by atoms with Crippen LogP contribution in [0.5, 0.6) is 0 Å². The molecule has 2 aromatic rings. The number of carbonyl (C=O) groups is 2. The van der Waals surface area contributed by atoms with Gasteiger partial charge in [-0.1, -0.05) is 11.6 Å². The van der Waals surface area contributed by atoms with E-state index in [1.165, 1.54) is 0 Å². The smallest absolute Gasteiger partial charge is 0.338 e. The number of benzene rings is 1. The highest BCUT2D eigenvalue weighted by atomic mass is 16.5. The van der Waals surface area contributed by atoms with E-state index in [-0.39, 0.29) is 11.9 Å². The minimum atomic E-state index is -0.378. The molecule has 0 radical (unpaired) electrons. The molecule has 1 N–H and O–H groups in total. The summed E-state index contributed by atoms with van der Waals surface area (Å²) in [5.74, 6) is 0.165. The van der Waals surface area contributed by atoms with Crippen molar-refractivity contribution in [1.82, 2.24) is 5.16 Å². The van der Waals surface area contributed by atoms with E-state index in [0.29, 0.717) is 23.6 Å². The minimum Gasteiger partial charge on any atom is -0.462 e. The molecule has 3 rings (SSSR count). The number of carbonyl (C=O) groups excluding carboxylic acids is 2. The maximum Gasteiger partial charge on any atom is 0.338 e. The van der Waals surface area contributed by atoms with Gasteiger partial charge in [0.2, 0.25) is 0 Å². The number of amides is 1. The van der Waals surface area contributed by atoms with Gasteiger partial charge >= 0.3 is 5.97 Å². The topological polar surface area (TPSA) is 81.4 Å². The maximum atomic E-state index is 12.5. The highest BCUT2D eigenvalue weighted by Gasteiger charge is 2.23. The molecule has 0 saturated carbocycles. The molecule has 1 aliphatic rings. The van der Waals surface area contributed by atoms with Gasteiger partial charge in [0.15, 0.2) is 5.69 Å². The number of nitrogens with one attached hydrogen (secondary N) is 1. The summed E-state index contributed by atoms with van der Waals surface area (Å²) in [6.45, 7) is 2.09. The van der Waals surface area contributed by atoms with Gasteiger partial charge in [-0.25, -0.2) is 4.79 Å². The molecule has 0 saturated heterocycles. The molecule has 1 aromatic heterocycles. The van der Waals surface area contributed by atoms with Crippen molar-refractivity contribution in [1.29, 1.82) is 0 Å². The van der Waals surface area contributed by atoms with E-state index in [2.05, 4.69) is 10.5 Å². The lowest BCUT2D eigenvalue weighted by atomic mass is 10.1. The zero-order chi connectivity index (χ0) is 16.9. The Labute approximate surface area is 140 Å². The number of esters is 1. The Balaban J connectivity index is 1.71. The first-order valence-corrected chi connectivity index (χ1v) is 8.25. The van der Waals surface area contributed by atoms with Crippen molar-refractivity contribution in [3.63, 3.8) is 0 Å². The van der Waals surface area contributed by atoms with E-state index in [0.717, 1.165) is 43.4 Å². The number of nitrogens with zero attached hydrogens (tertiary/aromatic N) is 1. The minimum absolute atomic E-state index is 0.286. The largest absolute Gasteiger partial charge is 0.462 e. The molecule has 1 aliphatic carbocycles. The first-order valence-electron chi connectivity index (χ1n) is 8.25. The third kappa shape index (κ3) is 3.48. The van der Waals surface area contributed by atoms with Crippen molar-refractivity contribution in [2.45, 2.75) is 39.0 Å². The standard InChI is InChI=1S/C18H20N2O4/c1-2-23-18(22)12-8-10-13(11-9-12)19-17(21)16-14-6-4-3-5-7-15(14)24-20-16/h8-11H,2-7H2,1H3,(H,19,21). The van der Waals surface area contributed by atoms with Gasteiger partial charge in [-0.05, 0) is 50.5 Å². The Bertz CT molecular complexity index is 734. The van der Waals surface area contributed by atoms with Crippen LogP contribution >= 0.6 is 0 Å². The summed E-state index contributed by atoms with van der Waals surface area (Å²) >= 11 is 0. The molecule has 6 nitrogen and oxygen atoms in total. The van der Waals surface area contributed by atoms with Gasteiger partial charge in [0.05, 0.1) is 12.2 Å².